The van der Waals surface area contributed by atoms with Crippen molar-refractivity contribution in [1.29, 1.82) is 0 Å². The molecule has 94 valence electrons. The average Bonchev–Trinajstić information content (AvgIpc) is 2.28. The highest BCUT2D eigenvalue weighted by atomic mass is 19.1. The summed E-state index contributed by atoms with van der Waals surface area (Å²) in [6.45, 7) is 2.54. The Morgan fingerprint density at radius 1 is 1.53 bits per heavy atom. The van der Waals surface area contributed by atoms with E-state index in [1.165, 1.54) is 6.07 Å². The summed E-state index contributed by atoms with van der Waals surface area (Å²) in [6.07, 6.45) is 0. The van der Waals surface area contributed by atoms with E-state index in [-0.39, 0.29) is 5.82 Å². The lowest BCUT2D eigenvalue weighted by Crippen LogP contribution is -2.42. The van der Waals surface area contributed by atoms with E-state index in [4.69, 9.17) is 5.11 Å². The molecule has 0 heterocycles. The van der Waals surface area contributed by atoms with Crippen LogP contribution in [0, 0.1) is 12.7 Å². The molecule has 0 spiro atoms. The molecule has 1 aromatic carbocycles. The zero-order valence-corrected chi connectivity index (χ0v) is 9.96. The molecule has 0 saturated heterocycles. The molecule has 0 aromatic heterocycles. The molecule has 3 N–H and O–H groups in total. The van der Waals surface area contributed by atoms with Crippen LogP contribution in [0.15, 0.2) is 18.2 Å². The van der Waals surface area contributed by atoms with Crippen molar-refractivity contribution in [3.63, 3.8) is 0 Å². The van der Waals surface area contributed by atoms with E-state index < -0.39 is 12.0 Å². The van der Waals surface area contributed by atoms with Crippen LogP contribution >= 0.6 is 0 Å². The number of rotatable bonds is 6. The summed E-state index contributed by atoms with van der Waals surface area (Å²) < 4.78 is 13.0. The van der Waals surface area contributed by atoms with Crippen molar-refractivity contribution in [3.8, 4) is 0 Å². The summed E-state index contributed by atoms with van der Waals surface area (Å²) in [7, 11) is 1.60. The zero-order valence-electron chi connectivity index (χ0n) is 9.96. The fourth-order valence-corrected chi connectivity index (χ4v) is 1.49. The smallest absolute Gasteiger partial charge is 0.322 e. The first-order valence-corrected chi connectivity index (χ1v) is 5.40. The van der Waals surface area contributed by atoms with Gasteiger partial charge >= 0.3 is 5.97 Å². The van der Waals surface area contributed by atoms with Crippen molar-refractivity contribution >= 4 is 5.97 Å². The largest absolute Gasteiger partial charge is 0.480 e. The number of aliphatic carboxylic acids is 1. The molecular formula is C12H17FN2O2. The Morgan fingerprint density at radius 2 is 2.24 bits per heavy atom. The minimum atomic E-state index is -0.893. The molecule has 1 atom stereocenters. The SMILES string of the molecule is CNC(CNCc1ccc(F)c(C)c1)C(=O)O. The summed E-state index contributed by atoms with van der Waals surface area (Å²) >= 11 is 0. The van der Waals surface area contributed by atoms with Crippen molar-refractivity contribution < 1.29 is 14.3 Å². The lowest BCUT2D eigenvalue weighted by molar-refractivity contribution is -0.139. The lowest BCUT2D eigenvalue weighted by atomic mass is 10.1. The number of nitrogens with one attached hydrogen (secondary N) is 2. The summed E-state index contributed by atoms with van der Waals surface area (Å²) in [5.74, 6) is -1.12. The number of carboxylic acids is 1. The number of halogens is 1. The standard InChI is InChI=1S/C12H17FN2O2/c1-8-5-9(3-4-10(8)13)6-15-7-11(14-2)12(16)17/h3-5,11,14-15H,6-7H2,1-2H3,(H,16,17). The van der Waals surface area contributed by atoms with Crippen molar-refractivity contribution in [1.82, 2.24) is 10.6 Å². The Balaban J connectivity index is 2.45. The van der Waals surface area contributed by atoms with Gasteiger partial charge in [-0.15, -0.1) is 0 Å². The number of carbonyl (C=O) groups is 1. The molecule has 0 fully saturated rings. The Morgan fingerprint density at radius 3 is 2.76 bits per heavy atom. The second-order valence-electron chi connectivity index (χ2n) is 3.89. The van der Waals surface area contributed by atoms with Gasteiger partial charge in [0.25, 0.3) is 0 Å². The first kappa shape index (κ1) is 13.6. The fourth-order valence-electron chi connectivity index (χ4n) is 1.49. The maximum Gasteiger partial charge on any atom is 0.322 e. The monoisotopic (exact) mass is 240 g/mol. The third kappa shape index (κ3) is 4.13. The van der Waals surface area contributed by atoms with Gasteiger partial charge in [0.1, 0.15) is 11.9 Å². The molecule has 17 heavy (non-hydrogen) atoms. The molecule has 0 radical (unpaired) electrons. The maximum atomic E-state index is 13.0. The highest BCUT2D eigenvalue weighted by molar-refractivity contribution is 5.73. The van der Waals surface area contributed by atoms with Gasteiger partial charge < -0.3 is 15.7 Å². The van der Waals surface area contributed by atoms with Crippen LogP contribution in [-0.2, 0) is 11.3 Å². The first-order chi connectivity index (χ1) is 8.04. The Bertz CT molecular complexity index is 396. The summed E-state index contributed by atoms with van der Waals surface area (Å²) in [4.78, 5) is 10.7. The van der Waals surface area contributed by atoms with Gasteiger partial charge in [0, 0.05) is 13.1 Å². The van der Waals surface area contributed by atoms with E-state index >= 15 is 0 Å². The maximum absolute atomic E-state index is 13.0. The molecule has 0 saturated carbocycles. The molecule has 1 aromatic rings. The molecule has 1 rings (SSSR count). The number of hydrogen-bond acceptors (Lipinski definition) is 3. The van der Waals surface area contributed by atoms with Gasteiger partial charge in [-0.05, 0) is 31.2 Å². The number of aryl methyl sites for hydroxylation is 1. The van der Waals surface area contributed by atoms with Crippen LogP contribution in [0.25, 0.3) is 0 Å². The number of hydrogen-bond donors (Lipinski definition) is 3. The molecular weight excluding hydrogens is 223 g/mol. The third-order valence-electron chi connectivity index (χ3n) is 2.55. The van der Waals surface area contributed by atoms with Crippen molar-refractivity contribution in [2.45, 2.75) is 19.5 Å². The fraction of sp³-hybridized carbons (Fsp3) is 0.417. The third-order valence-corrected chi connectivity index (χ3v) is 2.55. The van der Waals surface area contributed by atoms with Gasteiger partial charge in [-0.1, -0.05) is 12.1 Å². The van der Waals surface area contributed by atoms with Crippen LogP contribution in [0.1, 0.15) is 11.1 Å². The molecule has 1 unspecified atom stereocenters. The Labute approximate surface area is 99.8 Å². The van der Waals surface area contributed by atoms with Crippen molar-refractivity contribution in [2.75, 3.05) is 13.6 Å². The average molecular weight is 240 g/mol. The summed E-state index contributed by atoms with van der Waals surface area (Å²) in [5, 5.41) is 14.5. The van der Waals surface area contributed by atoms with Crippen LogP contribution in [0.4, 0.5) is 4.39 Å². The van der Waals surface area contributed by atoms with E-state index in [2.05, 4.69) is 10.6 Å². The molecule has 0 aliphatic heterocycles. The lowest BCUT2D eigenvalue weighted by Gasteiger charge is -2.12. The second-order valence-corrected chi connectivity index (χ2v) is 3.89. The Kier molecular flexibility index (Phi) is 5.06. The molecule has 0 aliphatic rings. The summed E-state index contributed by atoms with van der Waals surface area (Å²) in [5.41, 5.74) is 1.52. The van der Waals surface area contributed by atoms with Gasteiger partial charge in [0.05, 0.1) is 0 Å². The van der Waals surface area contributed by atoms with E-state index in [9.17, 15) is 9.18 Å². The number of likely N-dealkylation sites (N-methyl/N-ethyl adjacent to an activating group) is 1. The van der Waals surface area contributed by atoms with E-state index in [0.29, 0.717) is 18.7 Å². The molecule has 0 amide bonds. The van der Waals surface area contributed by atoms with E-state index in [1.807, 2.05) is 0 Å². The van der Waals surface area contributed by atoms with E-state index in [1.54, 1.807) is 26.1 Å². The second kappa shape index (κ2) is 6.32. The minimum Gasteiger partial charge on any atom is -0.480 e. The predicted octanol–water partition coefficient (Wildman–Crippen LogP) is 0.896. The van der Waals surface area contributed by atoms with Crippen LogP contribution in [0.2, 0.25) is 0 Å². The van der Waals surface area contributed by atoms with Crippen LogP contribution in [-0.4, -0.2) is 30.7 Å². The van der Waals surface area contributed by atoms with E-state index in [0.717, 1.165) is 5.56 Å². The van der Waals surface area contributed by atoms with Crippen LogP contribution in [0.5, 0.6) is 0 Å². The normalized spacial score (nSPS) is 12.4. The minimum absolute atomic E-state index is 0.229. The van der Waals surface area contributed by atoms with Crippen molar-refractivity contribution in [2.24, 2.45) is 0 Å². The highest BCUT2D eigenvalue weighted by Crippen LogP contribution is 2.08. The predicted molar refractivity (Wildman–Crippen MR) is 63.3 cm³/mol. The van der Waals surface area contributed by atoms with Crippen LogP contribution in [0.3, 0.4) is 0 Å². The molecule has 0 bridgehead atoms. The van der Waals surface area contributed by atoms with Gasteiger partial charge in [-0.3, -0.25) is 4.79 Å². The number of carboxylic acid groups (broad SMARTS) is 1. The molecule has 4 nitrogen and oxygen atoms in total. The van der Waals surface area contributed by atoms with Gasteiger partial charge in [0.15, 0.2) is 0 Å². The quantitative estimate of drug-likeness (QED) is 0.691. The van der Waals surface area contributed by atoms with Gasteiger partial charge in [0.2, 0.25) is 0 Å². The Hall–Kier alpha value is -1.46. The van der Waals surface area contributed by atoms with Gasteiger partial charge in [-0.25, -0.2) is 4.39 Å². The summed E-state index contributed by atoms with van der Waals surface area (Å²) in [6, 6.07) is 4.23. The highest BCUT2D eigenvalue weighted by Gasteiger charge is 2.13. The number of benzene rings is 1. The first-order valence-electron chi connectivity index (χ1n) is 5.40. The zero-order chi connectivity index (χ0) is 12.8. The topological polar surface area (TPSA) is 61.4 Å². The van der Waals surface area contributed by atoms with Crippen LogP contribution < -0.4 is 10.6 Å². The van der Waals surface area contributed by atoms with Crippen molar-refractivity contribution in [3.05, 3.63) is 35.1 Å². The molecule has 5 heteroatoms. The van der Waals surface area contributed by atoms with Gasteiger partial charge in [-0.2, -0.15) is 0 Å². The molecule has 0 aliphatic carbocycles.